The molecule has 0 aliphatic heterocycles. The van der Waals surface area contributed by atoms with Crippen LogP contribution in [0.1, 0.15) is 29.7 Å². The van der Waals surface area contributed by atoms with E-state index in [2.05, 4.69) is 55.6 Å². The van der Waals surface area contributed by atoms with Gasteiger partial charge in [0.25, 0.3) is 0 Å². The van der Waals surface area contributed by atoms with E-state index in [-0.39, 0.29) is 0 Å². The van der Waals surface area contributed by atoms with E-state index in [1.54, 1.807) is 0 Å². The van der Waals surface area contributed by atoms with Gasteiger partial charge in [0.15, 0.2) is 0 Å². The average Bonchev–Trinajstić information content (AvgIpc) is 2.42. The van der Waals surface area contributed by atoms with Crippen LogP contribution in [0.5, 0.6) is 0 Å². The molecule has 0 bridgehead atoms. The summed E-state index contributed by atoms with van der Waals surface area (Å²) >= 11 is 6.33. The van der Waals surface area contributed by atoms with Gasteiger partial charge in [-0.2, -0.15) is 0 Å². The van der Waals surface area contributed by atoms with Crippen LogP contribution in [0.3, 0.4) is 0 Å². The van der Waals surface area contributed by atoms with E-state index >= 15 is 0 Å². The minimum Gasteiger partial charge on any atom is -0.310 e. The molecule has 2 rings (SSSR count). The summed E-state index contributed by atoms with van der Waals surface area (Å²) in [6, 6.07) is 17.1. The summed E-state index contributed by atoms with van der Waals surface area (Å²) in [7, 11) is 0. The highest BCUT2D eigenvalue weighted by Crippen LogP contribution is 2.24. The van der Waals surface area contributed by atoms with Crippen LogP contribution in [0.25, 0.3) is 0 Å². The Morgan fingerprint density at radius 3 is 2.47 bits per heavy atom. The fourth-order valence-corrected chi connectivity index (χ4v) is 2.59. The van der Waals surface area contributed by atoms with Crippen molar-refractivity contribution in [2.75, 3.05) is 6.54 Å². The van der Waals surface area contributed by atoms with E-state index in [1.165, 1.54) is 16.7 Å². The Balaban J connectivity index is 2.21. The van der Waals surface area contributed by atoms with Gasteiger partial charge in [0, 0.05) is 11.1 Å². The van der Waals surface area contributed by atoms with Crippen molar-refractivity contribution >= 4 is 11.6 Å². The molecule has 0 radical (unpaired) electrons. The van der Waals surface area contributed by atoms with Crippen molar-refractivity contribution in [3.05, 3.63) is 70.2 Å². The van der Waals surface area contributed by atoms with Crippen molar-refractivity contribution in [2.45, 2.75) is 26.3 Å². The molecule has 1 nitrogen and oxygen atoms in total. The smallest absolute Gasteiger partial charge is 0.0441 e. The third-order valence-corrected chi connectivity index (χ3v) is 3.64. The van der Waals surface area contributed by atoms with Gasteiger partial charge in [0.05, 0.1) is 0 Å². The van der Waals surface area contributed by atoms with Gasteiger partial charge in [0.2, 0.25) is 0 Å². The van der Waals surface area contributed by atoms with Crippen molar-refractivity contribution in [3.8, 4) is 0 Å². The third-order valence-electron chi connectivity index (χ3n) is 3.29. The van der Waals surface area contributed by atoms with E-state index in [9.17, 15) is 0 Å². The number of aryl methyl sites for hydroxylation is 1. The lowest BCUT2D eigenvalue weighted by Crippen LogP contribution is -2.23. The van der Waals surface area contributed by atoms with Crippen molar-refractivity contribution in [3.63, 3.8) is 0 Å². The summed E-state index contributed by atoms with van der Waals surface area (Å²) in [5, 5.41) is 4.39. The Morgan fingerprint density at radius 2 is 1.84 bits per heavy atom. The molecule has 2 heteroatoms. The topological polar surface area (TPSA) is 12.0 Å². The van der Waals surface area contributed by atoms with E-state index in [1.807, 2.05) is 12.1 Å². The van der Waals surface area contributed by atoms with Crippen molar-refractivity contribution in [1.82, 2.24) is 5.32 Å². The monoisotopic (exact) mass is 273 g/mol. The summed E-state index contributed by atoms with van der Waals surface area (Å²) in [6.45, 7) is 5.14. The second-order valence-electron chi connectivity index (χ2n) is 4.82. The first kappa shape index (κ1) is 14.1. The average molecular weight is 274 g/mol. The summed E-state index contributed by atoms with van der Waals surface area (Å²) in [4.78, 5) is 0. The summed E-state index contributed by atoms with van der Waals surface area (Å²) in [5.41, 5.74) is 3.71. The summed E-state index contributed by atoms with van der Waals surface area (Å²) < 4.78 is 0. The molecule has 1 N–H and O–H groups in total. The highest BCUT2D eigenvalue weighted by atomic mass is 35.5. The third kappa shape index (κ3) is 3.82. The standard InChI is InChI=1S/C17H20ClN/c1-3-19-17(14-7-5-4-6-8-14)12-15-10-9-13(2)11-16(15)18/h4-11,17,19H,3,12H2,1-2H3. The molecular weight excluding hydrogens is 254 g/mol. The minimum absolute atomic E-state index is 0.311. The zero-order valence-electron chi connectivity index (χ0n) is 11.5. The quantitative estimate of drug-likeness (QED) is 0.843. The Kier molecular flexibility index (Phi) is 5.00. The van der Waals surface area contributed by atoms with Crippen LogP contribution >= 0.6 is 11.6 Å². The molecule has 0 heterocycles. The summed E-state index contributed by atoms with van der Waals surface area (Å²) in [5.74, 6) is 0. The summed E-state index contributed by atoms with van der Waals surface area (Å²) in [6.07, 6.45) is 0.914. The van der Waals surface area contributed by atoms with Crippen LogP contribution in [-0.2, 0) is 6.42 Å². The van der Waals surface area contributed by atoms with Gasteiger partial charge in [-0.3, -0.25) is 0 Å². The van der Waals surface area contributed by atoms with Gasteiger partial charge >= 0.3 is 0 Å². The maximum atomic E-state index is 6.33. The first-order valence-electron chi connectivity index (χ1n) is 6.74. The van der Waals surface area contributed by atoms with Gasteiger partial charge in [0.1, 0.15) is 0 Å². The van der Waals surface area contributed by atoms with Gasteiger partial charge < -0.3 is 5.32 Å². The SMILES string of the molecule is CCNC(Cc1ccc(C)cc1Cl)c1ccccc1. The molecule has 0 spiro atoms. The second kappa shape index (κ2) is 6.74. The van der Waals surface area contributed by atoms with Gasteiger partial charge in [-0.25, -0.2) is 0 Å². The van der Waals surface area contributed by atoms with Crippen LogP contribution in [-0.4, -0.2) is 6.54 Å². The zero-order valence-corrected chi connectivity index (χ0v) is 12.2. The molecule has 0 fully saturated rings. The van der Waals surface area contributed by atoms with Crippen molar-refractivity contribution in [2.24, 2.45) is 0 Å². The number of likely N-dealkylation sites (N-methyl/N-ethyl adjacent to an activating group) is 1. The number of benzene rings is 2. The lowest BCUT2D eigenvalue weighted by molar-refractivity contribution is 0.550. The Labute approximate surface area is 120 Å². The predicted molar refractivity (Wildman–Crippen MR) is 82.8 cm³/mol. The Hall–Kier alpha value is -1.31. The van der Waals surface area contributed by atoms with E-state index < -0.39 is 0 Å². The molecule has 0 amide bonds. The number of halogens is 1. The normalized spacial score (nSPS) is 12.4. The van der Waals surface area contributed by atoms with Crippen LogP contribution in [0, 0.1) is 6.92 Å². The van der Waals surface area contributed by atoms with E-state index in [0.29, 0.717) is 6.04 Å². The van der Waals surface area contributed by atoms with Crippen molar-refractivity contribution < 1.29 is 0 Å². The molecule has 1 atom stereocenters. The largest absolute Gasteiger partial charge is 0.310 e. The molecule has 2 aromatic carbocycles. The van der Waals surface area contributed by atoms with Crippen LogP contribution in [0.15, 0.2) is 48.5 Å². The minimum atomic E-state index is 0.311. The molecule has 100 valence electrons. The van der Waals surface area contributed by atoms with Gasteiger partial charge in [-0.05, 0) is 42.6 Å². The molecule has 2 aromatic rings. The van der Waals surface area contributed by atoms with Gasteiger partial charge in [-0.15, -0.1) is 0 Å². The Morgan fingerprint density at radius 1 is 1.11 bits per heavy atom. The molecule has 19 heavy (non-hydrogen) atoms. The predicted octanol–water partition coefficient (Wildman–Crippen LogP) is 4.54. The molecule has 0 saturated heterocycles. The first-order chi connectivity index (χ1) is 9.20. The maximum Gasteiger partial charge on any atom is 0.0441 e. The van der Waals surface area contributed by atoms with E-state index in [0.717, 1.165) is 18.0 Å². The fraction of sp³-hybridized carbons (Fsp3) is 0.294. The molecule has 0 aliphatic rings. The highest BCUT2D eigenvalue weighted by Gasteiger charge is 2.12. The highest BCUT2D eigenvalue weighted by molar-refractivity contribution is 6.31. The fourth-order valence-electron chi connectivity index (χ4n) is 2.28. The number of hydrogen-bond donors (Lipinski definition) is 1. The molecule has 1 unspecified atom stereocenters. The van der Waals surface area contributed by atoms with Crippen LogP contribution in [0.2, 0.25) is 5.02 Å². The first-order valence-corrected chi connectivity index (χ1v) is 7.12. The van der Waals surface area contributed by atoms with Gasteiger partial charge in [-0.1, -0.05) is 61.0 Å². The second-order valence-corrected chi connectivity index (χ2v) is 5.23. The van der Waals surface area contributed by atoms with Crippen LogP contribution in [0.4, 0.5) is 0 Å². The lowest BCUT2D eigenvalue weighted by atomic mass is 9.98. The lowest BCUT2D eigenvalue weighted by Gasteiger charge is -2.19. The van der Waals surface area contributed by atoms with E-state index in [4.69, 9.17) is 11.6 Å². The maximum absolute atomic E-state index is 6.33. The Bertz CT molecular complexity index is 522. The number of hydrogen-bond acceptors (Lipinski definition) is 1. The number of rotatable bonds is 5. The number of nitrogens with one attached hydrogen (secondary N) is 1. The molecular formula is C17H20ClN. The molecule has 0 saturated carbocycles. The zero-order chi connectivity index (χ0) is 13.7. The van der Waals surface area contributed by atoms with Crippen LogP contribution < -0.4 is 5.32 Å². The molecule has 0 aliphatic carbocycles. The van der Waals surface area contributed by atoms with Crippen molar-refractivity contribution in [1.29, 1.82) is 0 Å². The molecule has 0 aromatic heterocycles.